The van der Waals surface area contributed by atoms with Crippen molar-refractivity contribution in [3.05, 3.63) is 35.9 Å². The first-order chi connectivity index (χ1) is 14.2. The van der Waals surface area contributed by atoms with Crippen molar-refractivity contribution in [2.45, 2.75) is 97.4 Å². The van der Waals surface area contributed by atoms with Crippen LogP contribution in [-0.4, -0.2) is 5.54 Å². The summed E-state index contributed by atoms with van der Waals surface area (Å²) in [7, 11) is 4.58. The van der Waals surface area contributed by atoms with Gasteiger partial charge in [-0.2, -0.15) is 0 Å². The van der Waals surface area contributed by atoms with Gasteiger partial charge in [-0.05, 0) is 80.8 Å². The monoisotopic (exact) mass is 610 g/mol. The van der Waals surface area contributed by atoms with Crippen LogP contribution in [0, 0.1) is 35.6 Å². The number of nitrogens with zero attached hydrogens (tertiary/aromatic N) is 1. The van der Waals surface area contributed by atoms with Crippen LogP contribution >= 0.6 is 9.19 Å². The Morgan fingerprint density at radius 2 is 1.37 bits per heavy atom. The molecule has 170 valence electrons. The summed E-state index contributed by atoms with van der Waals surface area (Å²) in [5, 5.41) is 0. The van der Waals surface area contributed by atoms with Crippen LogP contribution in [0.1, 0.15) is 103 Å². The SMILES string of the molecule is CC(C)c1cccc(C(C)C)c1N1[CH+]C2(CC1(C)C)C1CC3CC(C1)CC2C3.[Cl][Au]. The van der Waals surface area contributed by atoms with Crippen LogP contribution in [0.15, 0.2) is 18.2 Å². The second kappa shape index (κ2) is 8.36. The topological polar surface area (TPSA) is 3.24 Å². The Kier molecular flexibility index (Phi) is 6.44. The number of benzene rings is 1. The van der Waals surface area contributed by atoms with E-state index in [4.69, 9.17) is 0 Å². The molecule has 1 saturated heterocycles. The Hall–Kier alpha value is -0.0797. The van der Waals surface area contributed by atoms with Gasteiger partial charge >= 0.3 is 29.2 Å². The Bertz CT molecular complexity index is 714. The van der Waals surface area contributed by atoms with Gasteiger partial charge in [0.1, 0.15) is 5.41 Å². The van der Waals surface area contributed by atoms with E-state index < -0.39 is 0 Å². The van der Waals surface area contributed by atoms with E-state index in [1.54, 1.807) is 32.1 Å². The summed E-state index contributed by atoms with van der Waals surface area (Å²) in [6.45, 7) is 17.3. The molecule has 5 aliphatic rings. The predicted octanol–water partition coefficient (Wildman–Crippen LogP) is 8.21. The quantitative estimate of drug-likeness (QED) is 0.246. The molecule has 0 radical (unpaired) electrons. The molecule has 6 rings (SSSR count). The third kappa shape index (κ3) is 3.60. The van der Waals surface area contributed by atoms with Gasteiger partial charge in [-0.1, -0.05) is 45.9 Å². The standard InChI is InChI=1S/C27H40N.Au.ClH/c1-17(2)23-8-7-9-24(18(3)4)25(23)28-16-27(15-26(28,5)6)21-11-19-10-20(13-21)14-22(27)12-19;;/h7-9,16-22H,10-15H2,1-6H3;;1H/q2*+1;/p-1. The molecule has 1 aromatic carbocycles. The first kappa shape index (κ1) is 23.1. The van der Waals surface area contributed by atoms with Crippen LogP contribution in [-0.2, 0) is 20.0 Å². The summed E-state index contributed by atoms with van der Waals surface area (Å²) in [5.74, 6) is 5.12. The van der Waals surface area contributed by atoms with Gasteiger partial charge in [0.15, 0.2) is 6.54 Å². The van der Waals surface area contributed by atoms with E-state index in [9.17, 15) is 0 Å². The van der Waals surface area contributed by atoms with Gasteiger partial charge in [0.2, 0.25) is 0 Å². The van der Waals surface area contributed by atoms with E-state index in [1.807, 2.05) is 0 Å². The molecule has 30 heavy (non-hydrogen) atoms. The molecule has 3 heteroatoms. The third-order valence-electron chi connectivity index (χ3n) is 9.00. The molecule has 1 aromatic rings. The molecule has 1 nitrogen and oxygen atoms in total. The summed E-state index contributed by atoms with van der Waals surface area (Å²) in [4.78, 5) is 2.78. The van der Waals surface area contributed by atoms with E-state index in [0.29, 0.717) is 17.3 Å². The first-order valence-corrected chi connectivity index (χ1v) is 14.8. The van der Waals surface area contributed by atoms with Crippen LogP contribution in [0.25, 0.3) is 0 Å². The van der Waals surface area contributed by atoms with Crippen molar-refractivity contribution < 1.29 is 20.0 Å². The molecule has 4 saturated carbocycles. The van der Waals surface area contributed by atoms with E-state index in [1.165, 1.54) is 43.2 Å². The maximum atomic E-state index is 4.58. The van der Waals surface area contributed by atoms with Crippen molar-refractivity contribution in [1.29, 1.82) is 0 Å². The van der Waals surface area contributed by atoms with Crippen LogP contribution in [0.3, 0.4) is 0 Å². The zero-order valence-electron chi connectivity index (χ0n) is 19.6. The molecule has 1 heterocycles. The molecule has 0 unspecified atom stereocenters. The average Bonchev–Trinajstić information content (AvgIpc) is 2.98. The Morgan fingerprint density at radius 1 is 0.900 bits per heavy atom. The molecule has 5 fully saturated rings. The Balaban J connectivity index is 0.00000106. The molecule has 0 aromatic heterocycles. The van der Waals surface area contributed by atoms with E-state index in [-0.39, 0.29) is 5.54 Å². The molecule has 0 atom stereocenters. The fourth-order valence-electron chi connectivity index (χ4n) is 8.01. The van der Waals surface area contributed by atoms with Gasteiger partial charge in [-0.25, -0.2) is 4.90 Å². The summed E-state index contributed by atoms with van der Waals surface area (Å²) < 4.78 is 0. The molecular formula is C27H40AuClN+. The summed E-state index contributed by atoms with van der Waals surface area (Å²) in [6.07, 6.45) is 8.95. The maximum absolute atomic E-state index is 4.58. The Labute approximate surface area is 201 Å². The molecule has 1 aliphatic heterocycles. The fourth-order valence-corrected chi connectivity index (χ4v) is 8.01. The van der Waals surface area contributed by atoms with Crippen LogP contribution < -0.4 is 4.90 Å². The fraction of sp³-hybridized carbons (Fsp3) is 0.741. The minimum absolute atomic E-state index is 0.212. The predicted molar refractivity (Wildman–Crippen MR) is 125 cm³/mol. The number of rotatable bonds is 3. The zero-order valence-corrected chi connectivity index (χ0v) is 22.6. The van der Waals surface area contributed by atoms with Gasteiger partial charge in [0.25, 0.3) is 0 Å². The molecular weight excluding hydrogens is 571 g/mol. The number of para-hydroxylation sites is 1. The van der Waals surface area contributed by atoms with Gasteiger partial charge in [0.05, 0.1) is 11.2 Å². The third-order valence-corrected chi connectivity index (χ3v) is 9.00. The van der Waals surface area contributed by atoms with Crippen molar-refractivity contribution in [1.82, 2.24) is 0 Å². The molecule has 0 N–H and O–H groups in total. The zero-order chi connectivity index (χ0) is 21.8. The van der Waals surface area contributed by atoms with Crippen LogP contribution in [0.2, 0.25) is 0 Å². The summed E-state index contributed by atoms with van der Waals surface area (Å²) in [5.41, 5.74) is 5.30. The number of halogens is 1. The minimum atomic E-state index is 0.212. The normalized spacial score (nSPS) is 35.8. The van der Waals surface area contributed by atoms with E-state index >= 15 is 0 Å². The average molecular weight is 611 g/mol. The van der Waals surface area contributed by atoms with Crippen molar-refractivity contribution in [2.24, 2.45) is 29.1 Å². The van der Waals surface area contributed by atoms with Gasteiger partial charge in [-0.3, -0.25) is 0 Å². The van der Waals surface area contributed by atoms with Gasteiger partial charge in [-0.15, -0.1) is 0 Å². The van der Waals surface area contributed by atoms with Crippen molar-refractivity contribution in [3.8, 4) is 0 Å². The van der Waals surface area contributed by atoms with E-state index in [2.05, 4.69) is 80.4 Å². The second-order valence-electron chi connectivity index (χ2n) is 12.0. The first-order valence-electron chi connectivity index (χ1n) is 12.1. The number of anilines is 1. The van der Waals surface area contributed by atoms with Crippen molar-refractivity contribution in [2.75, 3.05) is 4.90 Å². The second-order valence-corrected chi connectivity index (χ2v) is 12.0. The molecule has 0 amide bonds. The van der Waals surface area contributed by atoms with Crippen molar-refractivity contribution >= 4 is 14.9 Å². The Morgan fingerprint density at radius 3 is 1.80 bits per heavy atom. The van der Waals surface area contributed by atoms with Gasteiger partial charge in [0, 0.05) is 18.3 Å². The molecule has 4 bridgehead atoms. The van der Waals surface area contributed by atoms with Crippen molar-refractivity contribution in [3.63, 3.8) is 0 Å². The number of hydrogen-bond donors (Lipinski definition) is 0. The molecule has 4 aliphatic carbocycles. The summed E-state index contributed by atoms with van der Waals surface area (Å²) in [6, 6.07) is 7.06. The van der Waals surface area contributed by atoms with Crippen LogP contribution in [0.5, 0.6) is 0 Å². The van der Waals surface area contributed by atoms with Crippen LogP contribution in [0.4, 0.5) is 5.69 Å². The van der Waals surface area contributed by atoms with Gasteiger partial charge < -0.3 is 0 Å². The summed E-state index contributed by atoms with van der Waals surface area (Å²) >= 11 is 1.75. The van der Waals surface area contributed by atoms with E-state index in [0.717, 1.165) is 23.7 Å². The molecule has 1 spiro atoms. The number of hydrogen-bond acceptors (Lipinski definition) is 1.